The van der Waals surface area contributed by atoms with Crippen molar-refractivity contribution in [3.63, 3.8) is 0 Å². The van der Waals surface area contributed by atoms with E-state index in [-0.39, 0.29) is 18.7 Å². The second-order valence-electron chi connectivity index (χ2n) is 5.60. The highest BCUT2D eigenvalue weighted by Gasteiger charge is 2.17. The molecule has 1 aliphatic heterocycles. The van der Waals surface area contributed by atoms with E-state index in [1.54, 1.807) is 18.2 Å². The first-order chi connectivity index (χ1) is 12.1. The summed E-state index contributed by atoms with van der Waals surface area (Å²) in [6.45, 7) is 0.756. The van der Waals surface area contributed by atoms with Crippen molar-refractivity contribution in [2.24, 2.45) is 0 Å². The van der Waals surface area contributed by atoms with Gasteiger partial charge in [0.25, 0.3) is 0 Å². The third-order valence-corrected chi connectivity index (χ3v) is 3.99. The summed E-state index contributed by atoms with van der Waals surface area (Å²) in [5.41, 5.74) is 0.771. The van der Waals surface area contributed by atoms with Crippen LogP contribution in [0.5, 0.6) is 11.5 Å². The van der Waals surface area contributed by atoms with Crippen LogP contribution < -0.4 is 14.8 Å². The highest BCUT2D eigenvalue weighted by atomic mass is 35.5. The summed E-state index contributed by atoms with van der Waals surface area (Å²) in [7, 11) is 1.39. The van der Waals surface area contributed by atoms with Crippen molar-refractivity contribution in [1.82, 2.24) is 5.32 Å². The second-order valence-corrected chi connectivity index (χ2v) is 6.01. The summed E-state index contributed by atoms with van der Waals surface area (Å²) in [5.74, 6) is 0.778. The fraction of sp³-hybridized carbons (Fsp3) is 0.444. The van der Waals surface area contributed by atoms with Gasteiger partial charge in [-0.3, -0.25) is 9.59 Å². The molecule has 0 atom stereocenters. The highest BCUT2D eigenvalue weighted by Crippen LogP contribution is 2.39. The van der Waals surface area contributed by atoms with Gasteiger partial charge in [-0.25, -0.2) is 0 Å². The Morgan fingerprint density at radius 2 is 2.04 bits per heavy atom. The fourth-order valence-corrected chi connectivity index (χ4v) is 2.65. The Hall–Kier alpha value is -2.21. The quantitative estimate of drug-likeness (QED) is 0.411. The molecule has 0 saturated carbocycles. The van der Waals surface area contributed by atoms with Gasteiger partial charge in [0.05, 0.1) is 12.1 Å². The normalized spacial score (nSPS) is 12.4. The second kappa shape index (κ2) is 9.93. The van der Waals surface area contributed by atoms with E-state index in [1.807, 2.05) is 0 Å². The first kappa shape index (κ1) is 19.1. The number of rotatable bonds is 9. The molecule has 1 amide bonds. The van der Waals surface area contributed by atoms with Gasteiger partial charge in [0.15, 0.2) is 11.5 Å². The molecule has 0 radical (unpaired) electrons. The topological polar surface area (TPSA) is 73.9 Å². The van der Waals surface area contributed by atoms with Crippen LogP contribution in [0.15, 0.2) is 18.2 Å². The number of carbonyl (C=O) groups excluding carboxylic acids is 2. The van der Waals surface area contributed by atoms with Crippen molar-refractivity contribution in [2.75, 3.05) is 20.4 Å². The highest BCUT2D eigenvalue weighted by molar-refractivity contribution is 6.32. The zero-order chi connectivity index (χ0) is 18.1. The third kappa shape index (κ3) is 6.31. The van der Waals surface area contributed by atoms with E-state index in [1.165, 1.54) is 13.2 Å². The van der Waals surface area contributed by atoms with Gasteiger partial charge in [0.2, 0.25) is 12.7 Å². The summed E-state index contributed by atoms with van der Waals surface area (Å²) in [4.78, 5) is 22.8. The standard InChI is InChI=1S/C18H22ClNO5/c1-23-17(22)6-4-2-3-5-9-20-16(21)8-7-13-10-14(19)18-15(11-13)24-12-25-18/h7-8,10-11H,2-6,9,12H2,1H3,(H,20,21)/b8-7+. The van der Waals surface area contributed by atoms with Crippen molar-refractivity contribution < 1.29 is 23.8 Å². The molecule has 0 fully saturated rings. The number of hydrogen-bond donors (Lipinski definition) is 1. The van der Waals surface area contributed by atoms with E-state index < -0.39 is 0 Å². The maximum Gasteiger partial charge on any atom is 0.305 e. The van der Waals surface area contributed by atoms with E-state index in [2.05, 4.69) is 10.1 Å². The number of hydrogen-bond acceptors (Lipinski definition) is 5. The van der Waals surface area contributed by atoms with Crippen LogP contribution in [0.1, 0.15) is 37.7 Å². The molecule has 0 unspecified atom stereocenters. The number of unbranched alkanes of at least 4 members (excludes halogenated alkanes) is 3. The molecule has 1 aromatic carbocycles. The van der Waals surface area contributed by atoms with Crippen molar-refractivity contribution in [3.05, 3.63) is 28.8 Å². The Bertz CT molecular complexity index is 645. The number of carbonyl (C=O) groups is 2. The van der Waals surface area contributed by atoms with Crippen molar-refractivity contribution in [1.29, 1.82) is 0 Å². The molecule has 7 heteroatoms. The molecule has 1 aliphatic rings. The van der Waals surface area contributed by atoms with Gasteiger partial charge in [-0.05, 0) is 36.6 Å². The third-order valence-electron chi connectivity index (χ3n) is 3.71. The number of halogens is 1. The minimum absolute atomic E-state index is 0.155. The Balaban J connectivity index is 1.64. The molecule has 25 heavy (non-hydrogen) atoms. The van der Waals surface area contributed by atoms with Crippen molar-refractivity contribution in [2.45, 2.75) is 32.1 Å². The minimum Gasteiger partial charge on any atom is -0.469 e. The summed E-state index contributed by atoms with van der Waals surface area (Å²) < 4.78 is 15.1. The van der Waals surface area contributed by atoms with E-state index >= 15 is 0 Å². The molecule has 136 valence electrons. The molecule has 0 bridgehead atoms. The molecule has 6 nitrogen and oxygen atoms in total. The lowest BCUT2D eigenvalue weighted by Crippen LogP contribution is -2.21. The summed E-state index contributed by atoms with van der Waals surface area (Å²) in [6, 6.07) is 3.50. The molecule has 0 saturated heterocycles. The summed E-state index contributed by atoms with van der Waals surface area (Å²) in [6.07, 6.45) is 7.17. The van der Waals surface area contributed by atoms with Crippen LogP contribution in [0.3, 0.4) is 0 Å². The predicted molar refractivity (Wildman–Crippen MR) is 94.7 cm³/mol. The van der Waals surface area contributed by atoms with E-state index in [0.717, 1.165) is 31.2 Å². The van der Waals surface area contributed by atoms with Crippen LogP contribution in [0.25, 0.3) is 6.08 Å². The van der Waals surface area contributed by atoms with Crippen LogP contribution in [-0.4, -0.2) is 32.3 Å². The van der Waals surface area contributed by atoms with E-state index in [9.17, 15) is 9.59 Å². The molecule has 0 aromatic heterocycles. The lowest BCUT2D eigenvalue weighted by molar-refractivity contribution is -0.140. The smallest absolute Gasteiger partial charge is 0.305 e. The maximum absolute atomic E-state index is 11.8. The Kier molecular flexibility index (Phi) is 7.60. The molecule has 1 N–H and O–H groups in total. The summed E-state index contributed by atoms with van der Waals surface area (Å²) in [5, 5.41) is 3.28. The van der Waals surface area contributed by atoms with Crippen LogP contribution in [0.4, 0.5) is 0 Å². The van der Waals surface area contributed by atoms with Gasteiger partial charge >= 0.3 is 5.97 Å². The number of ether oxygens (including phenoxy) is 3. The molecule has 0 aliphatic carbocycles. The van der Waals surface area contributed by atoms with Gasteiger partial charge in [-0.15, -0.1) is 0 Å². The molecular weight excluding hydrogens is 346 g/mol. The number of esters is 1. The average molecular weight is 368 g/mol. The fourth-order valence-electron chi connectivity index (χ4n) is 2.38. The Labute approximate surface area is 152 Å². The predicted octanol–water partition coefficient (Wildman–Crippen LogP) is 3.32. The van der Waals surface area contributed by atoms with Crippen molar-refractivity contribution >= 4 is 29.6 Å². The zero-order valence-corrected chi connectivity index (χ0v) is 14.9. The first-order valence-corrected chi connectivity index (χ1v) is 8.60. The average Bonchev–Trinajstić information content (AvgIpc) is 3.08. The van der Waals surface area contributed by atoms with Crippen LogP contribution >= 0.6 is 11.6 Å². The number of methoxy groups -OCH3 is 1. The largest absolute Gasteiger partial charge is 0.469 e. The monoisotopic (exact) mass is 367 g/mol. The lowest BCUT2D eigenvalue weighted by atomic mass is 10.1. The first-order valence-electron chi connectivity index (χ1n) is 8.22. The Morgan fingerprint density at radius 3 is 2.84 bits per heavy atom. The molecule has 1 heterocycles. The molecule has 0 spiro atoms. The zero-order valence-electron chi connectivity index (χ0n) is 14.2. The van der Waals surface area contributed by atoms with Gasteiger partial charge in [0.1, 0.15) is 0 Å². The lowest BCUT2D eigenvalue weighted by Gasteiger charge is -2.03. The number of benzene rings is 1. The number of nitrogens with one attached hydrogen (secondary N) is 1. The van der Waals surface area contributed by atoms with Crippen LogP contribution in [0.2, 0.25) is 5.02 Å². The Morgan fingerprint density at radius 1 is 1.24 bits per heavy atom. The van der Waals surface area contributed by atoms with Gasteiger partial charge in [-0.2, -0.15) is 0 Å². The molecule has 2 rings (SSSR count). The maximum atomic E-state index is 11.8. The van der Waals surface area contributed by atoms with Crippen molar-refractivity contribution in [3.8, 4) is 11.5 Å². The van der Waals surface area contributed by atoms with E-state index in [0.29, 0.717) is 29.5 Å². The van der Waals surface area contributed by atoms with E-state index in [4.69, 9.17) is 21.1 Å². The van der Waals surface area contributed by atoms with Gasteiger partial charge < -0.3 is 19.5 Å². The number of fused-ring (bicyclic) bond motifs is 1. The summed E-state index contributed by atoms with van der Waals surface area (Å²) >= 11 is 6.09. The van der Waals surface area contributed by atoms with Gasteiger partial charge in [0, 0.05) is 19.0 Å². The molecular formula is C18H22ClNO5. The SMILES string of the molecule is COC(=O)CCCCCCNC(=O)/C=C/c1cc(Cl)c2c(c1)OCO2. The minimum atomic E-state index is -0.179. The van der Waals surface area contributed by atoms with Crippen LogP contribution in [-0.2, 0) is 14.3 Å². The molecule has 1 aromatic rings. The van der Waals surface area contributed by atoms with Crippen LogP contribution in [0, 0.1) is 0 Å². The van der Waals surface area contributed by atoms with Gasteiger partial charge in [-0.1, -0.05) is 24.4 Å². The number of amides is 1.